The van der Waals surface area contributed by atoms with Crippen LogP contribution in [0.2, 0.25) is 0 Å². The van der Waals surface area contributed by atoms with E-state index in [9.17, 15) is 14.4 Å². The number of fused-ring (bicyclic) bond motifs is 1. The van der Waals surface area contributed by atoms with Gasteiger partial charge in [0.1, 0.15) is 12.4 Å². The van der Waals surface area contributed by atoms with Crippen molar-refractivity contribution in [2.24, 2.45) is 5.92 Å². The summed E-state index contributed by atoms with van der Waals surface area (Å²) >= 11 is 1.42. The predicted molar refractivity (Wildman–Crippen MR) is 110 cm³/mol. The van der Waals surface area contributed by atoms with Crippen molar-refractivity contribution >= 4 is 34.1 Å². The zero-order valence-electron chi connectivity index (χ0n) is 16.0. The smallest absolute Gasteiger partial charge is 0.309 e. The summed E-state index contributed by atoms with van der Waals surface area (Å²) in [5, 5.41) is 2.40. The summed E-state index contributed by atoms with van der Waals surface area (Å²) in [5.74, 6) is -0.229. The number of esters is 1. The average Bonchev–Trinajstić information content (AvgIpc) is 3.27. The minimum absolute atomic E-state index is 0.0140. The number of ether oxygens (including phenoxy) is 1. The molecule has 0 bridgehead atoms. The lowest BCUT2D eigenvalue weighted by Gasteiger charge is -2.30. The monoisotopic (exact) mass is 411 g/mol. The number of thiophene rings is 1. The molecule has 1 saturated heterocycles. The van der Waals surface area contributed by atoms with E-state index in [0.717, 1.165) is 5.56 Å². The second-order valence-electron chi connectivity index (χ2n) is 7.14. The summed E-state index contributed by atoms with van der Waals surface area (Å²) in [7, 11) is 0. The average molecular weight is 411 g/mol. The van der Waals surface area contributed by atoms with Crippen LogP contribution in [-0.2, 0) is 16.1 Å². The van der Waals surface area contributed by atoms with Crippen molar-refractivity contribution in [3.63, 3.8) is 0 Å². The number of aromatic nitrogens is 2. The van der Waals surface area contributed by atoms with Crippen LogP contribution >= 0.6 is 11.3 Å². The number of benzene rings is 1. The number of para-hydroxylation sites is 1. The first kappa shape index (κ1) is 19.3. The number of nitrogens with one attached hydrogen (secondary N) is 1. The quantitative estimate of drug-likeness (QED) is 0.667. The van der Waals surface area contributed by atoms with E-state index in [1.807, 2.05) is 36.6 Å². The highest BCUT2D eigenvalue weighted by molar-refractivity contribution is 7.12. The molecule has 150 valence electrons. The molecular formula is C21H21N3O4S. The van der Waals surface area contributed by atoms with Crippen LogP contribution in [0.1, 0.15) is 33.9 Å². The minimum Gasteiger partial charge on any atom is -0.457 e. The Balaban J connectivity index is 1.35. The molecule has 0 unspecified atom stereocenters. The molecule has 1 fully saturated rings. The van der Waals surface area contributed by atoms with Gasteiger partial charge in [-0.2, -0.15) is 0 Å². The number of hydrogen-bond acceptors (Lipinski definition) is 6. The molecule has 29 heavy (non-hydrogen) atoms. The van der Waals surface area contributed by atoms with Gasteiger partial charge in [0, 0.05) is 13.1 Å². The van der Waals surface area contributed by atoms with Crippen molar-refractivity contribution in [2.75, 3.05) is 13.1 Å². The Morgan fingerprint density at radius 1 is 1.24 bits per heavy atom. The first-order chi connectivity index (χ1) is 14.0. The maximum atomic E-state index is 12.4. The van der Waals surface area contributed by atoms with Crippen molar-refractivity contribution < 1.29 is 14.3 Å². The maximum Gasteiger partial charge on any atom is 0.309 e. The molecular weight excluding hydrogens is 390 g/mol. The third-order valence-electron chi connectivity index (χ3n) is 5.19. The zero-order valence-corrected chi connectivity index (χ0v) is 16.8. The van der Waals surface area contributed by atoms with Crippen LogP contribution in [0.4, 0.5) is 0 Å². The lowest BCUT2D eigenvalue weighted by molar-refractivity contribution is -0.151. The molecule has 4 rings (SSSR count). The Labute approximate surface area is 171 Å². The first-order valence-electron chi connectivity index (χ1n) is 9.51. The van der Waals surface area contributed by atoms with Gasteiger partial charge in [0.2, 0.25) is 0 Å². The normalized spacial score (nSPS) is 14.9. The summed E-state index contributed by atoms with van der Waals surface area (Å²) in [6.45, 7) is 2.87. The zero-order chi connectivity index (χ0) is 20.4. The van der Waals surface area contributed by atoms with Crippen molar-refractivity contribution in [2.45, 2.75) is 26.4 Å². The van der Waals surface area contributed by atoms with Crippen LogP contribution < -0.4 is 5.56 Å². The fraction of sp³-hybridized carbons (Fsp3) is 0.333. The fourth-order valence-electron chi connectivity index (χ4n) is 3.55. The highest BCUT2D eigenvalue weighted by Gasteiger charge is 2.29. The Morgan fingerprint density at radius 3 is 2.76 bits per heavy atom. The van der Waals surface area contributed by atoms with Crippen molar-refractivity contribution in [3.8, 4) is 0 Å². The maximum absolute atomic E-state index is 12.4. The van der Waals surface area contributed by atoms with Crippen LogP contribution in [0.5, 0.6) is 0 Å². The van der Waals surface area contributed by atoms with Gasteiger partial charge in [-0.25, -0.2) is 4.98 Å². The molecule has 0 atom stereocenters. The summed E-state index contributed by atoms with van der Waals surface area (Å²) in [4.78, 5) is 46.7. The van der Waals surface area contributed by atoms with E-state index in [-0.39, 0.29) is 30.0 Å². The molecule has 0 aliphatic carbocycles. The Hall–Kier alpha value is -3.00. The summed E-state index contributed by atoms with van der Waals surface area (Å²) in [6, 6.07) is 9.08. The van der Waals surface area contributed by atoms with E-state index in [4.69, 9.17) is 4.74 Å². The Bertz CT molecular complexity index is 1100. The summed E-state index contributed by atoms with van der Waals surface area (Å²) in [6.07, 6.45) is 1.13. The Kier molecular flexibility index (Phi) is 5.44. The lowest BCUT2D eigenvalue weighted by Crippen LogP contribution is -2.40. The van der Waals surface area contributed by atoms with Crippen molar-refractivity contribution in [3.05, 3.63) is 62.3 Å². The van der Waals surface area contributed by atoms with E-state index in [0.29, 0.717) is 47.5 Å². The summed E-state index contributed by atoms with van der Waals surface area (Å²) in [5.41, 5.74) is 1.26. The van der Waals surface area contributed by atoms with Crippen LogP contribution in [0.15, 0.2) is 40.5 Å². The molecule has 2 aromatic heterocycles. The lowest BCUT2D eigenvalue weighted by atomic mass is 9.97. The second-order valence-corrected chi connectivity index (χ2v) is 8.08. The predicted octanol–water partition coefficient (Wildman–Crippen LogP) is 2.89. The van der Waals surface area contributed by atoms with Gasteiger partial charge >= 0.3 is 5.97 Å². The molecule has 3 heterocycles. The molecule has 0 spiro atoms. The number of H-pyrrole nitrogens is 1. The number of nitrogens with zero attached hydrogens (tertiary/aromatic N) is 2. The fourth-order valence-corrected chi connectivity index (χ4v) is 4.24. The van der Waals surface area contributed by atoms with Gasteiger partial charge in [-0.1, -0.05) is 18.2 Å². The van der Waals surface area contributed by atoms with Gasteiger partial charge in [-0.3, -0.25) is 14.4 Å². The van der Waals surface area contributed by atoms with Crippen LogP contribution in [0.3, 0.4) is 0 Å². The molecule has 1 aliphatic heterocycles. The number of likely N-dealkylation sites (tertiary alicyclic amines) is 1. The van der Waals surface area contributed by atoms with Gasteiger partial charge in [-0.05, 0) is 42.8 Å². The van der Waals surface area contributed by atoms with E-state index in [1.54, 1.807) is 11.0 Å². The molecule has 3 aromatic rings. The van der Waals surface area contributed by atoms with E-state index < -0.39 is 0 Å². The van der Waals surface area contributed by atoms with Crippen LogP contribution in [0, 0.1) is 12.8 Å². The molecule has 1 aromatic carbocycles. The van der Waals surface area contributed by atoms with E-state index in [1.165, 1.54) is 11.3 Å². The molecule has 1 N–H and O–H groups in total. The van der Waals surface area contributed by atoms with Gasteiger partial charge in [0.25, 0.3) is 11.5 Å². The number of aromatic amines is 1. The first-order valence-corrected chi connectivity index (χ1v) is 10.4. The van der Waals surface area contributed by atoms with Gasteiger partial charge in [-0.15, -0.1) is 11.3 Å². The molecule has 8 heteroatoms. The molecule has 0 saturated carbocycles. The number of hydrogen-bond donors (Lipinski definition) is 1. The van der Waals surface area contributed by atoms with Gasteiger partial charge in [0.05, 0.1) is 21.7 Å². The van der Waals surface area contributed by atoms with Gasteiger partial charge in [0.15, 0.2) is 0 Å². The molecule has 7 nitrogen and oxygen atoms in total. The molecule has 1 aliphatic rings. The van der Waals surface area contributed by atoms with E-state index in [2.05, 4.69) is 9.97 Å². The number of carbonyl (C=O) groups excluding carboxylic acids is 2. The summed E-state index contributed by atoms with van der Waals surface area (Å²) < 4.78 is 5.41. The topological polar surface area (TPSA) is 92.4 Å². The number of aryl methyl sites for hydroxylation is 1. The van der Waals surface area contributed by atoms with Crippen molar-refractivity contribution in [1.29, 1.82) is 0 Å². The number of amides is 1. The third-order valence-corrected chi connectivity index (χ3v) is 6.04. The van der Waals surface area contributed by atoms with Crippen LogP contribution in [0.25, 0.3) is 10.9 Å². The number of rotatable bonds is 4. The Morgan fingerprint density at radius 2 is 2.03 bits per heavy atom. The standard InChI is InChI=1S/C21H21N3O4S/c1-13-4-2-5-15-18(13)22-17(23-19(15)25)12-28-21(27)14-7-9-24(10-8-14)20(26)16-6-3-11-29-16/h2-6,11,14H,7-10,12H2,1H3,(H,22,23,25). The highest BCUT2D eigenvalue weighted by Crippen LogP contribution is 2.22. The number of carbonyl (C=O) groups is 2. The highest BCUT2D eigenvalue weighted by atomic mass is 32.1. The minimum atomic E-state index is -0.319. The van der Waals surface area contributed by atoms with Gasteiger partial charge < -0.3 is 14.6 Å². The van der Waals surface area contributed by atoms with Crippen LogP contribution in [-0.4, -0.2) is 39.8 Å². The second kappa shape index (κ2) is 8.16. The third kappa shape index (κ3) is 4.07. The largest absolute Gasteiger partial charge is 0.457 e. The van der Waals surface area contributed by atoms with E-state index >= 15 is 0 Å². The molecule has 1 amide bonds. The molecule has 0 radical (unpaired) electrons. The SMILES string of the molecule is Cc1cccc2c(=O)[nH]c(COC(=O)C3CCN(C(=O)c4cccs4)CC3)nc12. The van der Waals surface area contributed by atoms with Crippen molar-refractivity contribution in [1.82, 2.24) is 14.9 Å². The number of piperidine rings is 1.